The molecule has 0 saturated carbocycles. The molecule has 1 N–H and O–H groups in total. The molecule has 0 saturated heterocycles. The van der Waals surface area contributed by atoms with Crippen molar-refractivity contribution in [1.82, 2.24) is 4.40 Å². The largest absolute Gasteiger partial charge is 0.420 e. The number of aromatic nitrogens is 1. The van der Waals surface area contributed by atoms with Crippen molar-refractivity contribution < 1.29 is 18.3 Å². The van der Waals surface area contributed by atoms with Crippen molar-refractivity contribution in [2.75, 3.05) is 0 Å². The molecule has 0 radical (unpaired) electrons. The van der Waals surface area contributed by atoms with Crippen LogP contribution in [0.5, 0.6) is 0 Å². The number of hydrogen-bond donors (Lipinski definition) is 1. The Morgan fingerprint density at radius 1 is 1.11 bits per heavy atom. The van der Waals surface area contributed by atoms with Crippen molar-refractivity contribution in [2.24, 2.45) is 0 Å². The van der Waals surface area contributed by atoms with Gasteiger partial charge in [0.25, 0.3) is 0 Å². The highest BCUT2D eigenvalue weighted by Crippen LogP contribution is 2.37. The molecule has 0 spiro atoms. The van der Waals surface area contributed by atoms with E-state index >= 15 is 0 Å². The molecule has 2 aromatic heterocycles. The molecule has 94 valence electrons. The first-order valence-corrected chi connectivity index (χ1v) is 6.04. The van der Waals surface area contributed by atoms with Crippen LogP contribution in [-0.4, -0.2) is 15.7 Å². The maximum absolute atomic E-state index is 12.6. The summed E-state index contributed by atoms with van der Waals surface area (Å²) in [6.45, 7) is 0. The number of thiazole rings is 1. The number of aliphatic hydroxyl groups excluding tert-OH is 1. The third kappa shape index (κ3) is 1.60. The van der Waals surface area contributed by atoms with E-state index in [-0.39, 0.29) is 5.69 Å². The summed E-state index contributed by atoms with van der Waals surface area (Å²) in [5.74, 6) is 0. The van der Waals surface area contributed by atoms with Crippen molar-refractivity contribution in [1.29, 1.82) is 0 Å². The first-order valence-electron chi connectivity index (χ1n) is 5.22. The van der Waals surface area contributed by atoms with E-state index in [1.54, 1.807) is 18.2 Å². The topological polar surface area (TPSA) is 24.6 Å². The minimum Gasteiger partial charge on any atom is -0.378 e. The third-order valence-corrected chi connectivity index (χ3v) is 3.88. The zero-order valence-corrected chi connectivity index (χ0v) is 9.79. The Hall–Kier alpha value is -1.53. The first kappa shape index (κ1) is 11.6. The average Bonchev–Trinajstić information content (AvgIpc) is 2.84. The normalized spacial score (nSPS) is 14.4. The van der Waals surface area contributed by atoms with E-state index in [2.05, 4.69) is 0 Å². The molecular formula is C12H8F3NOS. The van der Waals surface area contributed by atoms with Gasteiger partial charge in [-0.1, -0.05) is 12.1 Å². The lowest BCUT2D eigenvalue weighted by Gasteiger charge is -2.14. The fraction of sp³-hybridized carbons (Fsp3) is 0.167. The van der Waals surface area contributed by atoms with Gasteiger partial charge in [0, 0.05) is 0 Å². The number of fused-ring (bicyclic) bond motifs is 3. The van der Waals surface area contributed by atoms with Crippen LogP contribution in [0.2, 0.25) is 0 Å². The minimum absolute atomic E-state index is 0.144. The van der Waals surface area contributed by atoms with Gasteiger partial charge in [-0.05, 0) is 24.3 Å². The van der Waals surface area contributed by atoms with Gasteiger partial charge in [0.05, 0.1) is 15.9 Å². The van der Waals surface area contributed by atoms with Gasteiger partial charge in [-0.3, -0.25) is 0 Å². The Bertz CT molecular complexity index is 713. The highest BCUT2D eigenvalue weighted by molar-refractivity contribution is 7.23. The van der Waals surface area contributed by atoms with Crippen LogP contribution in [0.3, 0.4) is 0 Å². The maximum atomic E-state index is 12.6. The maximum Gasteiger partial charge on any atom is 0.420 e. The third-order valence-electron chi connectivity index (χ3n) is 2.79. The fourth-order valence-corrected chi connectivity index (χ4v) is 3.06. The average molecular weight is 271 g/mol. The SMILES string of the molecule is OC(c1ccc2sc3ccccc3n12)C(F)(F)F. The Morgan fingerprint density at radius 3 is 2.56 bits per heavy atom. The number of alkyl halides is 3. The first-order chi connectivity index (χ1) is 8.48. The molecule has 0 bridgehead atoms. The predicted molar refractivity (Wildman–Crippen MR) is 63.8 cm³/mol. The van der Waals surface area contributed by atoms with Crippen LogP contribution in [0, 0.1) is 0 Å². The van der Waals surface area contributed by atoms with Crippen LogP contribution in [-0.2, 0) is 0 Å². The number of para-hydroxylation sites is 1. The van der Waals surface area contributed by atoms with Gasteiger partial charge in [0.15, 0.2) is 6.10 Å². The quantitative estimate of drug-likeness (QED) is 0.716. The molecule has 1 atom stereocenters. The van der Waals surface area contributed by atoms with Crippen LogP contribution >= 0.6 is 11.3 Å². The molecule has 2 heterocycles. The van der Waals surface area contributed by atoms with E-state index in [9.17, 15) is 18.3 Å². The van der Waals surface area contributed by atoms with Gasteiger partial charge in [0.1, 0.15) is 4.83 Å². The molecule has 1 aromatic carbocycles. The molecule has 18 heavy (non-hydrogen) atoms. The van der Waals surface area contributed by atoms with Crippen LogP contribution in [0.25, 0.3) is 15.0 Å². The summed E-state index contributed by atoms with van der Waals surface area (Å²) in [4.78, 5) is 0.689. The van der Waals surface area contributed by atoms with Gasteiger partial charge in [-0.25, -0.2) is 0 Å². The highest BCUT2D eigenvalue weighted by Gasteiger charge is 2.41. The second-order valence-corrected chi connectivity index (χ2v) is 5.01. The second kappa shape index (κ2) is 3.73. The number of nitrogens with zero attached hydrogens (tertiary/aromatic N) is 1. The van der Waals surface area contributed by atoms with Gasteiger partial charge in [-0.15, -0.1) is 11.3 Å². The highest BCUT2D eigenvalue weighted by atomic mass is 32.1. The Kier molecular flexibility index (Phi) is 2.39. The second-order valence-electron chi connectivity index (χ2n) is 3.95. The smallest absolute Gasteiger partial charge is 0.378 e. The molecule has 0 aliphatic rings. The van der Waals surface area contributed by atoms with Gasteiger partial charge in [0.2, 0.25) is 0 Å². The fourth-order valence-electron chi connectivity index (χ4n) is 1.99. The van der Waals surface area contributed by atoms with Crippen molar-refractivity contribution >= 4 is 26.4 Å². The molecule has 3 aromatic rings. The lowest BCUT2D eigenvalue weighted by atomic mass is 10.2. The number of hydrogen-bond acceptors (Lipinski definition) is 2. The van der Waals surface area contributed by atoms with Crippen molar-refractivity contribution in [2.45, 2.75) is 12.3 Å². The van der Waals surface area contributed by atoms with Crippen LogP contribution in [0.15, 0.2) is 36.4 Å². The summed E-state index contributed by atoms with van der Waals surface area (Å²) in [6, 6.07) is 10.1. The standard InChI is InChI=1S/C12H8F3NOS/c13-12(14,15)11(17)8-5-6-10-16(8)7-3-1-2-4-9(7)18-10/h1-6,11,17H. The van der Waals surface area contributed by atoms with E-state index < -0.39 is 12.3 Å². The molecule has 2 nitrogen and oxygen atoms in total. The van der Waals surface area contributed by atoms with Crippen LogP contribution < -0.4 is 0 Å². The lowest BCUT2D eigenvalue weighted by Crippen LogP contribution is -2.21. The molecule has 0 aliphatic heterocycles. The zero-order valence-electron chi connectivity index (χ0n) is 8.98. The molecule has 6 heteroatoms. The number of halogens is 3. The predicted octanol–water partition coefficient (Wildman–Crippen LogP) is 3.75. The summed E-state index contributed by atoms with van der Waals surface area (Å²) in [5, 5.41) is 9.38. The van der Waals surface area contributed by atoms with Crippen molar-refractivity contribution in [3.63, 3.8) is 0 Å². The van der Waals surface area contributed by atoms with E-state index in [0.717, 1.165) is 4.70 Å². The Labute approximate surface area is 104 Å². The molecule has 0 fully saturated rings. The van der Waals surface area contributed by atoms with Gasteiger partial charge < -0.3 is 9.51 Å². The minimum atomic E-state index is -4.66. The summed E-state index contributed by atoms with van der Waals surface area (Å²) in [5.41, 5.74) is 0.538. The molecule has 0 aliphatic carbocycles. The van der Waals surface area contributed by atoms with Gasteiger partial charge >= 0.3 is 6.18 Å². The zero-order chi connectivity index (χ0) is 12.9. The van der Waals surface area contributed by atoms with Crippen molar-refractivity contribution in [3.8, 4) is 0 Å². The van der Waals surface area contributed by atoms with Gasteiger partial charge in [-0.2, -0.15) is 13.2 Å². The van der Waals surface area contributed by atoms with E-state index in [1.165, 1.54) is 21.8 Å². The number of benzene rings is 1. The molecular weight excluding hydrogens is 263 g/mol. The number of aliphatic hydroxyl groups is 1. The summed E-state index contributed by atoms with van der Waals surface area (Å²) >= 11 is 1.40. The molecule has 1 unspecified atom stereocenters. The monoisotopic (exact) mass is 271 g/mol. The van der Waals surface area contributed by atoms with E-state index in [4.69, 9.17) is 0 Å². The van der Waals surface area contributed by atoms with E-state index in [1.807, 2.05) is 12.1 Å². The summed E-state index contributed by atoms with van der Waals surface area (Å²) in [7, 11) is 0. The Balaban J connectivity index is 2.30. The lowest BCUT2D eigenvalue weighted by molar-refractivity contribution is -0.208. The van der Waals surface area contributed by atoms with E-state index in [0.29, 0.717) is 10.3 Å². The summed E-state index contributed by atoms with van der Waals surface area (Å²) in [6.07, 6.45) is -7.12. The molecule has 3 rings (SSSR count). The molecule has 0 amide bonds. The Morgan fingerprint density at radius 2 is 1.83 bits per heavy atom. The van der Waals surface area contributed by atoms with Crippen molar-refractivity contribution in [3.05, 3.63) is 42.1 Å². The van der Waals surface area contributed by atoms with Crippen LogP contribution in [0.1, 0.15) is 11.8 Å². The van der Waals surface area contributed by atoms with Crippen LogP contribution in [0.4, 0.5) is 13.2 Å². The summed E-state index contributed by atoms with van der Waals surface area (Å²) < 4.78 is 40.1. The number of rotatable bonds is 1.